The lowest BCUT2D eigenvalue weighted by Gasteiger charge is -2.23. The number of hydrogen-bond acceptors (Lipinski definition) is 4. The summed E-state index contributed by atoms with van der Waals surface area (Å²) in [6.45, 7) is 1.96. The van der Waals surface area contributed by atoms with E-state index in [2.05, 4.69) is 9.97 Å². The number of nitrogens with one attached hydrogen (secondary N) is 1. The molecule has 0 unspecified atom stereocenters. The molecule has 2 aromatic carbocycles. The van der Waals surface area contributed by atoms with Crippen LogP contribution in [0, 0.1) is 6.92 Å². The number of ketones is 1. The van der Waals surface area contributed by atoms with Crippen molar-refractivity contribution in [3.05, 3.63) is 69.1 Å². The summed E-state index contributed by atoms with van der Waals surface area (Å²) in [7, 11) is 1.61. The summed E-state index contributed by atoms with van der Waals surface area (Å²) in [5, 5.41) is 0. The summed E-state index contributed by atoms with van der Waals surface area (Å²) < 4.78 is 5.23. The molecule has 0 saturated carbocycles. The average molecular weight is 334 g/mol. The molecule has 0 bridgehead atoms. The number of ether oxygens (including phenoxy) is 1. The van der Waals surface area contributed by atoms with Gasteiger partial charge in [0.1, 0.15) is 11.4 Å². The van der Waals surface area contributed by atoms with Gasteiger partial charge in [0.25, 0.3) is 5.56 Å². The van der Waals surface area contributed by atoms with Crippen LogP contribution in [0.3, 0.4) is 0 Å². The molecule has 1 heterocycles. The summed E-state index contributed by atoms with van der Waals surface area (Å²) >= 11 is 0. The van der Waals surface area contributed by atoms with Gasteiger partial charge in [0.2, 0.25) is 0 Å². The molecular formula is C20H18N2O3. The molecule has 0 radical (unpaired) electrons. The summed E-state index contributed by atoms with van der Waals surface area (Å²) in [5.41, 5.74) is 4.09. The molecule has 5 heteroatoms. The van der Waals surface area contributed by atoms with Gasteiger partial charge in [0.05, 0.1) is 24.1 Å². The molecule has 3 aromatic rings. The van der Waals surface area contributed by atoms with E-state index in [1.165, 1.54) is 0 Å². The predicted octanol–water partition coefficient (Wildman–Crippen LogP) is 3.15. The third-order valence-corrected chi connectivity index (χ3v) is 4.80. The van der Waals surface area contributed by atoms with Gasteiger partial charge in [-0.1, -0.05) is 6.07 Å². The second-order valence-electron chi connectivity index (χ2n) is 6.45. The van der Waals surface area contributed by atoms with Crippen LogP contribution in [-0.4, -0.2) is 22.9 Å². The quantitative estimate of drug-likeness (QED) is 0.781. The number of H-pyrrole nitrogens is 1. The average Bonchev–Trinajstić information content (AvgIpc) is 2.61. The molecule has 1 aliphatic rings. The molecule has 1 aromatic heterocycles. The van der Waals surface area contributed by atoms with Gasteiger partial charge in [-0.3, -0.25) is 9.59 Å². The molecule has 1 aliphatic carbocycles. The van der Waals surface area contributed by atoms with Gasteiger partial charge in [0.15, 0.2) is 5.78 Å². The Labute approximate surface area is 144 Å². The second-order valence-corrected chi connectivity index (χ2v) is 6.45. The summed E-state index contributed by atoms with van der Waals surface area (Å²) in [6.07, 6.45) is 1.29. The van der Waals surface area contributed by atoms with Crippen molar-refractivity contribution in [2.45, 2.75) is 25.7 Å². The highest BCUT2D eigenvalue weighted by Gasteiger charge is 2.31. The van der Waals surface area contributed by atoms with E-state index in [-0.39, 0.29) is 11.3 Å². The van der Waals surface area contributed by atoms with Crippen LogP contribution in [0.4, 0.5) is 0 Å². The molecule has 1 N–H and O–H groups in total. The Morgan fingerprint density at radius 3 is 2.80 bits per heavy atom. The Morgan fingerprint density at radius 1 is 1.16 bits per heavy atom. The largest absolute Gasteiger partial charge is 0.497 e. The highest BCUT2D eigenvalue weighted by Crippen LogP contribution is 2.32. The molecule has 0 fully saturated rings. The minimum atomic E-state index is -0.504. The van der Waals surface area contributed by atoms with Crippen molar-refractivity contribution in [1.82, 2.24) is 9.97 Å². The van der Waals surface area contributed by atoms with Gasteiger partial charge in [-0.15, -0.1) is 0 Å². The zero-order chi connectivity index (χ0) is 17.6. The lowest BCUT2D eigenvalue weighted by Crippen LogP contribution is -2.28. The minimum Gasteiger partial charge on any atom is -0.497 e. The number of methoxy groups -OCH3 is 1. The Kier molecular flexibility index (Phi) is 3.64. The van der Waals surface area contributed by atoms with Gasteiger partial charge in [-0.25, -0.2) is 4.98 Å². The second kappa shape index (κ2) is 5.84. The number of aryl methyl sites for hydroxylation is 2. The molecule has 0 saturated heterocycles. The lowest BCUT2D eigenvalue weighted by molar-refractivity contribution is 0.0943. The summed E-state index contributed by atoms with van der Waals surface area (Å²) in [5.74, 6) is 0.186. The van der Waals surface area contributed by atoms with Crippen LogP contribution in [-0.2, 0) is 6.42 Å². The Hall–Kier alpha value is -2.95. The number of nitrogens with zero attached hydrogens (tertiary/aromatic N) is 1. The molecule has 0 amide bonds. The normalized spacial score (nSPS) is 16.7. The number of carbonyl (C=O) groups excluding carboxylic acids is 1. The Balaban J connectivity index is 1.78. The maximum atomic E-state index is 12.9. The SMILES string of the molecule is COc1ccc2c(c1)CC[C@H](c1nc3ccc(C)cc3[nH]c1=O)C2=O. The zero-order valence-corrected chi connectivity index (χ0v) is 14.1. The molecule has 1 atom stereocenters. The van der Waals surface area contributed by atoms with E-state index in [1.54, 1.807) is 19.2 Å². The van der Waals surface area contributed by atoms with Crippen LogP contribution in [0.2, 0.25) is 0 Å². The van der Waals surface area contributed by atoms with Gasteiger partial charge >= 0.3 is 0 Å². The van der Waals surface area contributed by atoms with E-state index >= 15 is 0 Å². The first-order chi connectivity index (χ1) is 12.1. The van der Waals surface area contributed by atoms with Crippen molar-refractivity contribution in [3.63, 3.8) is 0 Å². The van der Waals surface area contributed by atoms with Crippen LogP contribution < -0.4 is 10.3 Å². The van der Waals surface area contributed by atoms with Crippen molar-refractivity contribution in [2.24, 2.45) is 0 Å². The predicted molar refractivity (Wildman–Crippen MR) is 95.5 cm³/mol. The van der Waals surface area contributed by atoms with E-state index in [0.29, 0.717) is 28.7 Å². The zero-order valence-electron chi connectivity index (χ0n) is 14.1. The molecule has 4 rings (SSSR count). The van der Waals surface area contributed by atoms with Crippen LogP contribution in [0.5, 0.6) is 5.75 Å². The highest BCUT2D eigenvalue weighted by atomic mass is 16.5. The van der Waals surface area contributed by atoms with Crippen molar-refractivity contribution in [3.8, 4) is 5.75 Å². The maximum Gasteiger partial charge on any atom is 0.270 e. The summed E-state index contributed by atoms with van der Waals surface area (Å²) in [4.78, 5) is 32.8. The van der Waals surface area contributed by atoms with E-state index in [1.807, 2.05) is 31.2 Å². The fraction of sp³-hybridized carbons (Fsp3) is 0.250. The van der Waals surface area contributed by atoms with E-state index < -0.39 is 5.92 Å². The minimum absolute atomic E-state index is 0.0478. The van der Waals surface area contributed by atoms with Crippen LogP contribution in [0.15, 0.2) is 41.2 Å². The third kappa shape index (κ3) is 2.61. The Morgan fingerprint density at radius 2 is 2.00 bits per heavy atom. The van der Waals surface area contributed by atoms with E-state index in [0.717, 1.165) is 23.3 Å². The van der Waals surface area contributed by atoms with Crippen molar-refractivity contribution < 1.29 is 9.53 Å². The first-order valence-corrected chi connectivity index (χ1v) is 8.28. The topological polar surface area (TPSA) is 72.0 Å². The summed E-state index contributed by atoms with van der Waals surface area (Å²) in [6, 6.07) is 11.2. The fourth-order valence-corrected chi connectivity index (χ4v) is 3.47. The van der Waals surface area contributed by atoms with Gasteiger partial charge in [-0.2, -0.15) is 0 Å². The Bertz CT molecular complexity index is 1050. The number of aromatic nitrogens is 2. The number of Topliss-reactive ketones (excluding diaryl/α,β-unsaturated/α-hetero) is 1. The smallest absolute Gasteiger partial charge is 0.270 e. The van der Waals surface area contributed by atoms with Crippen molar-refractivity contribution >= 4 is 16.8 Å². The van der Waals surface area contributed by atoms with Crippen LogP contribution in [0.1, 0.15) is 39.5 Å². The number of hydrogen-bond donors (Lipinski definition) is 1. The standard InChI is InChI=1S/C20H18N2O3/c1-11-3-8-16-17(9-11)22-20(24)18(21-16)15-6-4-12-10-13(25-2)5-7-14(12)19(15)23/h3,5,7-10,15H,4,6H2,1-2H3,(H,22,24)/t15-/m1/s1. The fourth-order valence-electron chi connectivity index (χ4n) is 3.47. The molecular weight excluding hydrogens is 316 g/mol. The first kappa shape index (κ1) is 15.6. The van der Waals surface area contributed by atoms with Gasteiger partial charge < -0.3 is 9.72 Å². The number of benzene rings is 2. The first-order valence-electron chi connectivity index (χ1n) is 8.28. The molecule has 126 valence electrons. The number of carbonyl (C=O) groups is 1. The highest BCUT2D eigenvalue weighted by molar-refractivity contribution is 6.03. The molecule has 0 aliphatic heterocycles. The van der Waals surface area contributed by atoms with Crippen molar-refractivity contribution in [1.29, 1.82) is 0 Å². The van der Waals surface area contributed by atoms with E-state index in [4.69, 9.17) is 4.74 Å². The monoisotopic (exact) mass is 334 g/mol. The van der Waals surface area contributed by atoms with Crippen LogP contribution >= 0.6 is 0 Å². The number of fused-ring (bicyclic) bond motifs is 2. The number of rotatable bonds is 2. The van der Waals surface area contributed by atoms with E-state index in [9.17, 15) is 9.59 Å². The molecule has 5 nitrogen and oxygen atoms in total. The lowest BCUT2D eigenvalue weighted by atomic mass is 9.81. The number of aromatic amines is 1. The molecule has 25 heavy (non-hydrogen) atoms. The van der Waals surface area contributed by atoms with Crippen molar-refractivity contribution in [2.75, 3.05) is 7.11 Å². The third-order valence-electron chi connectivity index (χ3n) is 4.80. The van der Waals surface area contributed by atoms with Crippen LogP contribution in [0.25, 0.3) is 11.0 Å². The maximum absolute atomic E-state index is 12.9. The molecule has 0 spiro atoms. The van der Waals surface area contributed by atoms with Gasteiger partial charge in [-0.05, 0) is 61.2 Å². The van der Waals surface area contributed by atoms with Gasteiger partial charge in [0, 0.05) is 5.56 Å².